The monoisotopic (exact) mass is 562 g/mol. The quantitative estimate of drug-likeness (QED) is 0.239. The van der Waals surface area contributed by atoms with E-state index in [0.717, 1.165) is 72.7 Å². The average molecular weight is 563 g/mol. The summed E-state index contributed by atoms with van der Waals surface area (Å²) in [5.74, 6) is 1.08. The van der Waals surface area contributed by atoms with Gasteiger partial charge in [0.1, 0.15) is 11.4 Å². The Kier molecular flexibility index (Phi) is 6.74. The van der Waals surface area contributed by atoms with Gasteiger partial charge in [-0.1, -0.05) is 80.4 Å². The molecule has 0 atom stereocenters. The Morgan fingerprint density at radius 1 is 0.405 bits per heavy atom. The highest BCUT2D eigenvalue weighted by molar-refractivity contribution is 5.63. The van der Waals surface area contributed by atoms with E-state index in [2.05, 4.69) is 65.6 Å². The number of fused-ring (bicyclic) bond motifs is 2. The van der Waals surface area contributed by atoms with Crippen molar-refractivity contribution >= 4 is 0 Å². The van der Waals surface area contributed by atoms with Crippen LogP contribution in [-0.4, -0.2) is 40.3 Å². The van der Waals surface area contributed by atoms with Crippen molar-refractivity contribution in [1.29, 1.82) is 0 Å². The van der Waals surface area contributed by atoms with Crippen molar-refractivity contribution < 1.29 is 0 Å². The summed E-state index contributed by atoms with van der Waals surface area (Å²) in [6.07, 6.45) is 6.57. The van der Waals surface area contributed by atoms with E-state index in [-0.39, 0.29) is 21.7 Å². The highest BCUT2D eigenvalue weighted by Gasteiger charge is 2.39. The van der Waals surface area contributed by atoms with Gasteiger partial charge in [-0.2, -0.15) is 10.2 Å². The minimum Gasteiger partial charge on any atom is -0.243 e. The van der Waals surface area contributed by atoms with Crippen molar-refractivity contribution in [1.82, 2.24) is 40.3 Å². The zero-order valence-electron chi connectivity index (χ0n) is 26.3. The lowest BCUT2D eigenvalue weighted by Crippen LogP contribution is -2.26. The lowest BCUT2D eigenvalue weighted by Gasteiger charge is -2.27. The maximum atomic E-state index is 5.08. The van der Waals surface area contributed by atoms with E-state index in [1.165, 1.54) is 0 Å². The normalized spacial score (nSPS) is 20.1. The molecule has 8 heteroatoms. The standard InChI is InChI=1S/C34H42N8/c1-31(2)17-11-19-33(5,6)27-25(31)37-29(41-39-27)23-15-9-13-21(35-23)22-14-10-16-24(36-22)30-38-26-28(40-42-30)34(7,8)20-12-18-32(26,3)4/h9-10,13-16H,11-12,17-20H2,1-8H3. The van der Waals surface area contributed by atoms with Crippen LogP contribution in [-0.2, 0) is 21.7 Å². The predicted octanol–water partition coefficient (Wildman–Crippen LogP) is 7.33. The number of pyridine rings is 2. The molecular weight excluding hydrogens is 520 g/mol. The fourth-order valence-electron chi connectivity index (χ4n) is 6.55. The number of rotatable bonds is 3. The zero-order chi connectivity index (χ0) is 29.9. The van der Waals surface area contributed by atoms with Gasteiger partial charge in [-0.3, -0.25) is 0 Å². The van der Waals surface area contributed by atoms with E-state index < -0.39 is 0 Å². The van der Waals surface area contributed by atoms with E-state index in [0.29, 0.717) is 23.0 Å². The van der Waals surface area contributed by atoms with Crippen LogP contribution >= 0.6 is 0 Å². The topological polar surface area (TPSA) is 103 Å². The van der Waals surface area contributed by atoms with Gasteiger partial charge in [-0.25, -0.2) is 19.9 Å². The molecule has 0 bridgehead atoms. The van der Waals surface area contributed by atoms with Crippen LogP contribution in [0, 0.1) is 0 Å². The summed E-state index contributed by atoms with van der Waals surface area (Å²) < 4.78 is 0. The molecule has 0 aromatic carbocycles. The van der Waals surface area contributed by atoms with Crippen molar-refractivity contribution in [2.24, 2.45) is 0 Å². The molecule has 218 valence electrons. The molecule has 0 radical (unpaired) electrons. The fourth-order valence-corrected chi connectivity index (χ4v) is 6.55. The van der Waals surface area contributed by atoms with E-state index in [4.69, 9.17) is 30.1 Å². The largest absolute Gasteiger partial charge is 0.243 e. The Morgan fingerprint density at radius 2 is 0.738 bits per heavy atom. The third-order valence-electron chi connectivity index (χ3n) is 9.36. The van der Waals surface area contributed by atoms with E-state index >= 15 is 0 Å². The van der Waals surface area contributed by atoms with Crippen LogP contribution in [0.4, 0.5) is 0 Å². The van der Waals surface area contributed by atoms with Crippen molar-refractivity contribution in [3.63, 3.8) is 0 Å². The van der Waals surface area contributed by atoms with E-state index in [9.17, 15) is 0 Å². The molecule has 8 nitrogen and oxygen atoms in total. The molecule has 2 aliphatic carbocycles. The Balaban J connectivity index is 1.38. The van der Waals surface area contributed by atoms with Crippen molar-refractivity contribution in [3.05, 3.63) is 59.2 Å². The summed E-state index contributed by atoms with van der Waals surface area (Å²) in [5.41, 5.74) is 6.62. The number of nitrogens with zero attached hydrogens (tertiary/aromatic N) is 8. The first-order chi connectivity index (χ1) is 19.8. The van der Waals surface area contributed by atoms with Gasteiger partial charge in [-0.15, -0.1) is 10.2 Å². The van der Waals surface area contributed by atoms with Crippen LogP contribution in [0.2, 0.25) is 0 Å². The lowest BCUT2D eigenvalue weighted by atomic mass is 9.82. The van der Waals surface area contributed by atoms with Gasteiger partial charge < -0.3 is 0 Å². The molecule has 0 unspecified atom stereocenters. The molecule has 42 heavy (non-hydrogen) atoms. The third-order valence-corrected chi connectivity index (χ3v) is 9.36. The minimum atomic E-state index is -0.0764. The maximum Gasteiger partial charge on any atom is 0.200 e. The van der Waals surface area contributed by atoms with Gasteiger partial charge in [-0.05, 0) is 49.9 Å². The fraction of sp³-hybridized carbons (Fsp3) is 0.529. The number of aromatic nitrogens is 8. The Bertz CT molecular complexity index is 1530. The summed E-state index contributed by atoms with van der Waals surface area (Å²) >= 11 is 0. The Hall–Kier alpha value is -3.68. The number of hydrogen-bond donors (Lipinski definition) is 0. The van der Waals surface area contributed by atoms with Crippen LogP contribution in [0.15, 0.2) is 36.4 Å². The molecule has 4 heterocycles. The van der Waals surface area contributed by atoms with Gasteiger partial charge in [0.2, 0.25) is 11.6 Å². The Labute approximate surface area is 249 Å². The summed E-state index contributed by atoms with van der Waals surface area (Å²) in [7, 11) is 0. The summed E-state index contributed by atoms with van der Waals surface area (Å²) in [6.45, 7) is 18.0. The van der Waals surface area contributed by atoms with Crippen LogP contribution in [0.25, 0.3) is 34.4 Å². The van der Waals surface area contributed by atoms with Crippen molar-refractivity contribution in [2.45, 2.75) is 116 Å². The first-order valence-corrected chi connectivity index (χ1v) is 15.2. The molecule has 0 spiro atoms. The van der Waals surface area contributed by atoms with Gasteiger partial charge in [0.25, 0.3) is 0 Å². The molecule has 0 N–H and O–H groups in total. The molecule has 0 fully saturated rings. The van der Waals surface area contributed by atoms with Gasteiger partial charge in [0.05, 0.1) is 34.2 Å². The highest BCUT2D eigenvalue weighted by atomic mass is 15.2. The van der Waals surface area contributed by atoms with E-state index in [1.54, 1.807) is 0 Å². The Morgan fingerprint density at radius 3 is 1.12 bits per heavy atom. The minimum absolute atomic E-state index is 0.0566. The second-order valence-electron chi connectivity index (χ2n) is 14.7. The van der Waals surface area contributed by atoms with Crippen molar-refractivity contribution in [2.75, 3.05) is 0 Å². The first-order valence-electron chi connectivity index (χ1n) is 15.2. The summed E-state index contributed by atoms with van der Waals surface area (Å²) in [6, 6.07) is 11.7. The molecule has 0 saturated carbocycles. The maximum absolute atomic E-state index is 5.08. The second kappa shape index (κ2) is 9.96. The molecule has 6 rings (SSSR count). The van der Waals surface area contributed by atoms with Gasteiger partial charge >= 0.3 is 0 Å². The molecule has 0 amide bonds. The second-order valence-corrected chi connectivity index (χ2v) is 14.7. The first kappa shape index (κ1) is 28.4. The van der Waals surface area contributed by atoms with Crippen molar-refractivity contribution in [3.8, 4) is 34.4 Å². The lowest BCUT2D eigenvalue weighted by molar-refractivity contribution is 0.427. The molecule has 2 aliphatic rings. The molecule has 0 aliphatic heterocycles. The predicted molar refractivity (Wildman–Crippen MR) is 165 cm³/mol. The molecule has 0 saturated heterocycles. The summed E-state index contributed by atoms with van der Waals surface area (Å²) in [4.78, 5) is 20.1. The van der Waals surface area contributed by atoms with Crippen LogP contribution in [0.5, 0.6) is 0 Å². The van der Waals surface area contributed by atoms with E-state index in [1.807, 2.05) is 36.4 Å². The van der Waals surface area contributed by atoms with Gasteiger partial charge in [0, 0.05) is 21.7 Å². The molecule has 4 aromatic heterocycles. The highest BCUT2D eigenvalue weighted by Crippen LogP contribution is 2.43. The summed E-state index contributed by atoms with van der Waals surface area (Å²) in [5, 5.41) is 18.6. The molecule has 4 aromatic rings. The van der Waals surface area contributed by atoms with Crippen LogP contribution in [0.3, 0.4) is 0 Å². The molecular formula is C34H42N8. The zero-order valence-corrected chi connectivity index (χ0v) is 26.3. The van der Waals surface area contributed by atoms with Crippen LogP contribution < -0.4 is 0 Å². The third kappa shape index (κ3) is 5.09. The average Bonchev–Trinajstić information content (AvgIpc) is 3.11. The number of hydrogen-bond acceptors (Lipinski definition) is 8. The van der Waals surface area contributed by atoms with Gasteiger partial charge in [0.15, 0.2) is 0 Å². The van der Waals surface area contributed by atoms with Crippen LogP contribution in [0.1, 0.15) is 117 Å². The SMILES string of the molecule is CC1(C)CCCC(C)(C)c2nc(-c3cccc(-c4cccc(-c5nnc6c(n5)C(C)(C)CCCC6(C)C)n4)n3)nnc21. The smallest absolute Gasteiger partial charge is 0.200 e.